The van der Waals surface area contributed by atoms with Crippen molar-refractivity contribution in [3.63, 3.8) is 0 Å². The van der Waals surface area contributed by atoms with Crippen LogP contribution in [0, 0.1) is 23.7 Å². The summed E-state index contributed by atoms with van der Waals surface area (Å²) in [4.78, 5) is 78.2. The number of carbonyl (C=O) groups excluding carboxylic acids is 5. The number of aliphatic carboxylic acids is 1. The van der Waals surface area contributed by atoms with E-state index >= 15 is 0 Å². The summed E-state index contributed by atoms with van der Waals surface area (Å²) in [5.74, 6) is -5.13. The molecule has 15 heteroatoms. The lowest BCUT2D eigenvalue weighted by molar-refractivity contribution is -0.143. The molecule has 0 heterocycles. The lowest BCUT2D eigenvalue weighted by Gasteiger charge is -2.29. The molecule has 0 saturated heterocycles. The Balaban J connectivity index is 6.14. The Labute approximate surface area is 285 Å². The van der Waals surface area contributed by atoms with E-state index < -0.39 is 84.3 Å². The van der Waals surface area contributed by atoms with E-state index in [0.29, 0.717) is 32.2 Å². The lowest BCUT2D eigenvalue weighted by Crippen LogP contribution is -2.60. The van der Waals surface area contributed by atoms with Gasteiger partial charge >= 0.3 is 5.97 Å². The molecule has 0 unspecified atom stereocenters. The van der Waals surface area contributed by atoms with Crippen molar-refractivity contribution in [2.24, 2.45) is 35.1 Å². The van der Waals surface area contributed by atoms with Gasteiger partial charge in [-0.1, -0.05) is 68.2 Å². The Bertz CT molecular complexity index is 1040. The zero-order valence-corrected chi connectivity index (χ0v) is 30.1. The number of amides is 5. The summed E-state index contributed by atoms with van der Waals surface area (Å²) in [5, 5.41) is 31.8. The van der Waals surface area contributed by atoms with Gasteiger partial charge in [0.2, 0.25) is 29.5 Å². The molecule has 0 bridgehead atoms. The zero-order chi connectivity index (χ0) is 37.1. The van der Waals surface area contributed by atoms with Crippen LogP contribution in [0.2, 0.25) is 0 Å². The summed E-state index contributed by atoms with van der Waals surface area (Å²) in [6, 6.07) is -6.61. The van der Waals surface area contributed by atoms with E-state index in [2.05, 4.69) is 26.6 Å². The van der Waals surface area contributed by atoms with E-state index in [-0.39, 0.29) is 37.0 Å². The number of aliphatic hydroxyl groups excluding tert-OH is 1. The number of nitrogens with one attached hydrogen (secondary N) is 5. The van der Waals surface area contributed by atoms with Crippen LogP contribution >= 0.6 is 0 Å². The van der Waals surface area contributed by atoms with Gasteiger partial charge in [0.1, 0.15) is 30.2 Å². The molecule has 0 aliphatic carbocycles. The van der Waals surface area contributed by atoms with Gasteiger partial charge in [0.25, 0.3) is 0 Å². The normalized spacial score (nSPS) is 16.4. The first kappa shape index (κ1) is 44.7. The first-order valence-electron chi connectivity index (χ1n) is 17.2. The fourth-order valence-corrected chi connectivity index (χ4v) is 4.90. The number of carbonyl (C=O) groups is 6. The summed E-state index contributed by atoms with van der Waals surface area (Å²) in [7, 11) is 0. The van der Waals surface area contributed by atoms with Crippen LogP contribution in [0.3, 0.4) is 0 Å². The van der Waals surface area contributed by atoms with Gasteiger partial charge in [0.05, 0.1) is 12.6 Å². The average Bonchev–Trinajstić information content (AvgIpc) is 3.02. The molecule has 0 rings (SSSR count). The Morgan fingerprint density at radius 1 is 0.604 bits per heavy atom. The Hall–Kier alpha value is -3.30. The van der Waals surface area contributed by atoms with E-state index in [1.165, 1.54) is 0 Å². The Kier molecular flexibility index (Phi) is 21.5. The molecule has 0 spiro atoms. The molecule has 0 aliphatic heterocycles. The van der Waals surface area contributed by atoms with Crippen LogP contribution in [-0.4, -0.2) is 95.1 Å². The van der Waals surface area contributed by atoms with Crippen molar-refractivity contribution in [2.45, 2.75) is 137 Å². The second-order valence-corrected chi connectivity index (χ2v) is 13.6. The van der Waals surface area contributed by atoms with E-state index in [9.17, 15) is 39.0 Å². The molecule has 0 aliphatic rings. The highest BCUT2D eigenvalue weighted by Crippen LogP contribution is 2.14. The van der Waals surface area contributed by atoms with Crippen molar-refractivity contribution in [1.82, 2.24) is 26.6 Å². The number of nitrogens with two attached hydrogens (primary N) is 2. The molecule has 8 atom stereocenters. The third-order valence-corrected chi connectivity index (χ3v) is 8.41. The Morgan fingerprint density at radius 2 is 1.04 bits per heavy atom. The van der Waals surface area contributed by atoms with E-state index in [0.717, 1.165) is 0 Å². The van der Waals surface area contributed by atoms with E-state index in [4.69, 9.17) is 11.5 Å². The van der Waals surface area contributed by atoms with Gasteiger partial charge < -0.3 is 48.3 Å². The molecule has 0 saturated carbocycles. The van der Waals surface area contributed by atoms with Crippen molar-refractivity contribution < 1.29 is 39.0 Å². The number of carboxylic acids is 1. The zero-order valence-electron chi connectivity index (χ0n) is 30.1. The monoisotopic (exact) mass is 685 g/mol. The molecular formula is C33H63N7O8. The number of carboxylic acid groups (broad SMARTS) is 1. The average molecular weight is 686 g/mol. The van der Waals surface area contributed by atoms with Crippen LogP contribution in [-0.2, 0) is 28.8 Å². The minimum absolute atomic E-state index is 0.0327. The molecule has 0 aromatic carbocycles. The molecule has 0 radical (unpaired) electrons. The van der Waals surface area contributed by atoms with Crippen molar-refractivity contribution in [1.29, 1.82) is 0 Å². The number of rotatable bonds is 24. The number of hydrogen-bond donors (Lipinski definition) is 9. The first-order chi connectivity index (χ1) is 22.4. The summed E-state index contributed by atoms with van der Waals surface area (Å²) >= 11 is 0. The fourth-order valence-electron chi connectivity index (χ4n) is 4.90. The largest absolute Gasteiger partial charge is 0.480 e. The highest BCUT2D eigenvalue weighted by molar-refractivity contribution is 5.96. The molecule has 48 heavy (non-hydrogen) atoms. The van der Waals surface area contributed by atoms with Crippen LogP contribution in [0.15, 0.2) is 0 Å². The smallest absolute Gasteiger partial charge is 0.328 e. The van der Waals surface area contributed by atoms with E-state index in [1.807, 2.05) is 41.5 Å². The summed E-state index contributed by atoms with van der Waals surface area (Å²) in [6.45, 7) is 14.3. The van der Waals surface area contributed by atoms with Crippen LogP contribution in [0.4, 0.5) is 0 Å². The molecular weight excluding hydrogens is 622 g/mol. The molecule has 11 N–H and O–H groups in total. The Morgan fingerprint density at radius 3 is 1.46 bits per heavy atom. The molecule has 0 fully saturated rings. The molecule has 0 aromatic heterocycles. The number of hydrogen-bond acceptors (Lipinski definition) is 9. The van der Waals surface area contributed by atoms with Crippen LogP contribution in [0.5, 0.6) is 0 Å². The van der Waals surface area contributed by atoms with Gasteiger partial charge in [-0.15, -0.1) is 0 Å². The van der Waals surface area contributed by atoms with Gasteiger partial charge in [0.15, 0.2) is 0 Å². The minimum Gasteiger partial charge on any atom is -0.480 e. The van der Waals surface area contributed by atoms with Crippen molar-refractivity contribution in [2.75, 3.05) is 13.2 Å². The molecule has 15 nitrogen and oxygen atoms in total. The predicted molar refractivity (Wildman–Crippen MR) is 183 cm³/mol. The summed E-state index contributed by atoms with van der Waals surface area (Å²) < 4.78 is 0. The minimum atomic E-state index is -1.55. The number of aliphatic hydroxyl groups is 1. The molecule has 5 amide bonds. The van der Waals surface area contributed by atoms with E-state index in [1.54, 1.807) is 13.8 Å². The first-order valence-corrected chi connectivity index (χ1v) is 17.2. The topological polar surface area (TPSA) is 255 Å². The predicted octanol–water partition coefficient (Wildman–Crippen LogP) is 0.128. The van der Waals surface area contributed by atoms with Gasteiger partial charge in [-0.3, -0.25) is 24.0 Å². The van der Waals surface area contributed by atoms with Crippen molar-refractivity contribution in [3.8, 4) is 0 Å². The number of unbranched alkanes of at least 4 members (excludes halogenated alkanes) is 1. The van der Waals surface area contributed by atoms with Gasteiger partial charge in [0, 0.05) is 0 Å². The maximum Gasteiger partial charge on any atom is 0.328 e. The maximum absolute atomic E-state index is 13.7. The standard InChI is InChI=1S/C33H63N7O8/c1-9-20(7)26(35)31(45)36-22(13-11-12-14-34)28(42)37-23(15-18(3)4)29(43)38-24(16-19(5)6)30(44)40-27(21(8)10-2)32(46)39-25(17-41)33(47)48/h18-27,41H,9-17,34-35H2,1-8H3,(H,36,45)(H,37,42)(H,38,43)(H,39,46)(H,40,44)(H,47,48)/t20-,21-,22-,23-,24-,25-,26-,27-/m0/s1. The SMILES string of the molecule is CC[C@H](C)[C@H](N)C(=O)N[C@@H](CCCCN)C(=O)N[C@@H](CC(C)C)C(=O)N[C@@H](CC(C)C)C(=O)N[C@H](C(=O)N[C@@H](CO)C(=O)O)[C@@H](C)CC. The second kappa shape index (κ2) is 23.1. The van der Waals surface area contributed by atoms with Crippen LogP contribution in [0.25, 0.3) is 0 Å². The summed E-state index contributed by atoms with van der Waals surface area (Å²) in [5.41, 5.74) is 11.7. The maximum atomic E-state index is 13.7. The van der Waals surface area contributed by atoms with Crippen molar-refractivity contribution in [3.05, 3.63) is 0 Å². The second-order valence-electron chi connectivity index (χ2n) is 13.6. The van der Waals surface area contributed by atoms with Gasteiger partial charge in [-0.05, 0) is 62.3 Å². The van der Waals surface area contributed by atoms with Crippen LogP contribution < -0.4 is 38.1 Å². The van der Waals surface area contributed by atoms with Gasteiger partial charge in [-0.25, -0.2) is 4.79 Å². The third-order valence-electron chi connectivity index (χ3n) is 8.41. The fraction of sp³-hybridized carbons (Fsp3) is 0.818. The molecule has 0 aromatic rings. The molecule has 278 valence electrons. The quantitative estimate of drug-likeness (QED) is 0.0621. The highest BCUT2D eigenvalue weighted by atomic mass is 16.4. The highest BCUT2D eigenvalue weighted by Gasteiger charge is 2.35. The lowest BCUT2D eigenvalue weighted by atomic mass is 9.96. The third kappa shape index (κ3) is 16.2. The van der Waals surface area contributed by atoms with Crippen molar-refractivity contribution >= 4 is 35.5 Å². The van der Waals surface area contributed by atoms with Gasteiger partial charge in [-0.2, -0.15) is 0 Å². The summed E-state index contributed by atoms with van der Waals surface area (Å²) in [6.07, 6.45) is 3.05. The van der Waals surface area contributed by atoms with Crippen LogP contribution in [0.1, 0.15) is 100 Å².